The molecule has 0 amide bonds. The molecule has 0 N–H and O–H groups in total. The highest BCUT2D eigenvalue weighted by atomic mass is 35.5. The highest BCUT2D eigenvalue weighted by Crippen LogP contribution is 2.22. The van der Waals surface area contributed by atoms with Gasteiger partial charge in [-0.25, -0.2) is 4.98 Å². The summed E-state index contributed by atoms with van der Waals surface area (Å²) in [4.78, 5) is 4.09. The fourth-order valence-electron chi connectivity index (χ4n) is 1.05. The number of hydrogen-bond acceptors (Lipinski definition) is 1. The lowest BCUT2D eigenvalue weighted by atomic mass is 10.1. The van der Waals surface area contributed by atoms with Gasteiger partial charge in [-0.2, -0.15) is 0 Å². The van der Waals surface area contributed by atoms with E-state index >= 15 is 0 Å². The number of halogens is 2. The molecule has 1 aromatic rings. The van der Waals surface area contributed by atoms with E-state index in [4.69, 9.17) is 23.2 Å². The standard InChI is InChI=1S/C8H9Cl2N/c1-3-6-5(2)11-8(10)4-7(6)9/h4H,3H2,1-2H3. The van der Waals surface area contributed by atoms with E-state index < -0.39 is 0 Å². The van der Waals surface area contributed by atoms with Crippen molar-refractivity contribution < 1.29 is 0 Å². The van der Waals surface area contributed by atoms with Gasteiger partial charge in [0.2, 0.25) is 0 Å². The minimum atomic E-state index is 0.463. The molecule has 1 aromatic heterocycles. The molecule has 0 saturated carbocycles. The van der Waals surface area contributed by atoms with E-state index in [-0.39, 0.29) is 0 Å². The first-order chi connectivity index (χ1) is 5.15. The Hall–Kier alpha value is -0.270. The van der Waals surface area contributed by atoms with Gasteiger partial charge in [-0.15, -0.1) is 0 Å². The second-order valence-corrected chi connectivity index (χ2v) is 3.14. The maximum absolute atomic E-state index is 5.91. The van der Waals surface area contributed by atoms with Crippen LogP contribution in [0.3, 0.4) is 0 Å². The van der Waals surface area contributed by atoms with Crippen molar-refractivity contribution in [3.05, 3.63) is 27.5 Å². The second kappa shape index (κ2) is 3.42. The molecule has 0 fully saturated rings. The van der Waals surface area contributed by atoms with Crippen molar-refractivity contribution in [2.45, 2.75) is 20.3 Å². The van der Waals surface area contributed by atoms with Gasteiger partial charge in [0, 0.05) is 10.7 Å². The van der Waals surface area contributed by atoms with Gasteiger partial charge >= 0.3 is 0 Å². The Morgan fingerprint density at radius 2 is 2.09 bits per heavy atom. The average molecular weight is 190 g/mol. The quantitative estimate of drug-likeness (QED) is 0.619. The topological polar surface area (TPSA) is 12.9 Å². The molecule has 1 rings (SSSR count). The Bertz CT molecular complexity index is 248. The summed E-state index contributed by atoms with van der Waals surface area (Å²) in [6.45, 7) is 3.96. The fraction of sp³-hybridized carbons (Fsp3) is 0.375. The highest BCUT2D eigenvalue weighted by molar-refractivity contribution is 6.34. The fourth-order valence-corrected chi connectivity index (χ4v) is 1.71. The van der Waals surface area contributed by atoms with Crippen molar-refractivity contribution in [1.29, 1.82) is 0 Å². The van der Waals surface area contributed by atoms with Gasteiger partial charge in [-0.05, 0) is 25.0 Å². The van der Waals surface area contributed by atoms with Crippen LogP contribution in [0, 0.1) is 6.92 Å². The summed E-state index contributed by atoms with van der Waals surface area (Å²) in [5, 5.41) is 1.18. The zero-order chi connectivity index (χ0) is 8.43. The molecular weight excluding hydrogens is 181 g/mol. The van der Waals surface area contributed by atoms with Crippen LogP contribution >= 0.6 is 23.2 Å². The van der Waals surface area contributed by atoms with E-state index in [9.17, 15) is 0 Å². The van der Waals surface area contributed by atoms with E-state index in [1.807, 2.05) is 13.8 Å². The number of aryl methyl sites for hydroxylation is 1. The SMILES string of the molecule is CCc1c(Cl)cc(Cl)nc1C. The summed E-state index contributed by atoms with van der Waals surface area (Å²) in [5.41, 5.74) is 2.00. The van der Waals surface area contributed by atoms with E-state index in [1.54, 1.807) is 6.07 Å². The molecule has 60 valence electrons. The van der Waals surface area contributed by atoms with Crippen LogP contribution in [0.2, 0.25) is 10.2 Å². The Morgan fingerprint density at radius 1 is 1.45 bits per heavy atom. The Labute approximate surface area is 76.4 Å². The number of aromatic nitrogens is 1. The van der Waals surface area contributed by atoms with Gasteiger partial charge in [0.15, 0.2) is 0 Å². The molecule has 11 heavy (non-hydrogen) atoms. The molecule has 0 bridgehead atoms. The average Bonchev–Trinajstić information content (AvgIpc) is 1.85. The lowest BCUT2D eigenvalue weighted by Gasteiger charge is -2.04. The number of pyridine rings is 1. The van der Waals surface area contributed by atoms with Crippen LogP contribution in [0.15, 0.2) is 6.07 Å². The molecule has 0 atom stereocenters. The Balaban J connectivity index is 3.25. The first-order valence-electron chi connectivity index (χ1n) is 3.46. The molecule has 0 unspecified atom stereocenters. The maximum atomic E-state index is 5.91. The minimum Gasteiger partial charge on any atom is -0.241 e. The van der Waals surface area contributed by atoms with Gasteiger partial charge in [0.25, 0.3) is 0 Å². The highest BCUT2D eigenvalue weighted by Gasteiger charge is 2.04. The van der Waals surface area contributed by atoms with E-state index in [0.717, 1.165) is 17.7 Å². The second-order valence-electron chi connectivity index (χ2n) is 2.34. The summed E-state index contributed by atoms with van der Waals surface area (Å²) in [6.07, 6.45) is 0.898. The summed E-state index contributed by atoms with van der Waals surface area (Å²) in [6, 6.07) is 1.68. The van der Waals surface area contributed by atoms with E-state index in [0.29, 0.717) is 10.2 Å². The predicted molar refractivity (Wildman–Crippen MR) is 48.4 cm³/mol. The number of nitrogens with zero attached hydrogens (tertiary/aromatic N) is 1. The molecule has 0 aliphatic carbocycles. The largest absolute Gasteiger partial charge is 0.241 e. The molecular formula is C8H9Cl2N. The van der Waals surface area contributed by atoms with Gasteiger partial charge in [0.05, 0.1) is 0 Å². The molecule has 0 aromatic carbocycles. The number of hydrogen-bond donors (Lipinski definition) is 0. The van der Waals surface area contributed by atoms with Crippen molar-refractivity contribution >= 4 is 23.2 Å². The number of rotatable bonds is 1. The third-order valence-corrected chi connectivity index (χ3v) is 2.13. The molecule has 1 heterocycles. The molecule has 0 radical (unpaired) electrons. The van der Waals surface area contributed by atoms with Crippen molar-refractivity contribution in [2.24, 2.45) is 0 Å². The van der Waals surface area contributed by atoms with Crippen molar-refractivity contribution in [3.8, 4) is 0 Å². The molecule has 0 aliphatic rings. The van der Waals surface area contributed by atoms with Crippen LogP contribution in [0.5, 0.6) is 0 Å². The zero-order valence-corrected chi connectivity index (χ0v) is 8.00. The third kappa shape index (κ3) is 1.85. The van der Waals surface area contributed by atoms with E-state index in [1.165, 1.54) is 0 Å². The van der Waals surface area contributed by atoms with Crippen LogP contribution in [0.4, 0.5) is 0 Å². The van der Waals surface area contributed by atoms with E-state index in [2.05, 4.69) is 4.98 Å². The molecule has 0 saturated heterocycles. The molecule has 3 heteroatoms. The van der Waals surface area contributed by atoms with Crippen LogP contribution in [0.1, 0.15) is 18.2 Å². The monoisotopic (exact) mass is 189 g/mol. The first-order valence-corrected chi connectivity index (χ1v) is 4.22. The summed E-state index contributed by atoms with van der Waals surface area (Å²) < 4.78 is 0. The van der Waals surface area contributed by atoms with Gasteiger partial charge < -0.3 is 0 Å². The molecule has 0 aliphatic heterocycles. The maximum Gasteiger partial charge on any atom is 0.130 e. The normalized spacial score (nSPS) is 10.2. The summed E-state index contributed by atoms with van der Waals surface area (Å²) in [7, 11) is 0. The van der Waals surface area contributed by atoms with Crippen LogP contribution in [-0.2, 0) is 6.42 Å². The lowest BCUT2D eigenvalue weighted by Crippen LogP contribution is -1.92. The molecule has 0 spiro atoms. The zero-order valence-electron chi connectivity index (χ0n) is 6.49. The van der Waals surface area contributed by atoms with Crippen molar-refractivity contribution in [1.82, 2.24) is 4.98 Å². The van der Waals surface area contributed by atoms with Crippen molar-refractivity contribution in [3.63, 3.8) is 0 Å². The summed E-state index contributed by atoms with van der Waals surface area (Å²) >= 11 is 11.6. The Morgan fingerprint density at radius 3 is 2.55 bits per heavy atom. The lowest BCUT2D eigenvalue weighted by molar-refractivity contribution is 1.05. The van der Waals surface area contributed by atoms with Gasteiger partial charge in [-0.3, -0.25) is 0 Å². The van der Waals surface area contributed by atoms with Crippen LogP contribution in [-0.4, -0.2) is 4.98 Å². The summed E-state index contributed by atoms with van der Waals surface area (Å²) in [5.74, 6) is 0. The third-order valence-electron chi connectivity index (χ3n) is 1.60. The minimum absolute atomic E-state index is 0.463. The van der Waals surface area contributed by atoms with Crippen molar-refractivity contribution in [2.75, 3.05) is 0 Å². The van der Waals surface area contributed by atoms with Gasteiger partial charge in [0.1, 0.15) is 5.15 Å². The first kappa shape index (κ1) is 8.82. The van der Waals surface area contributed by atoms with Gasteiger partial charge in [-0.1, -0.05) is 30.1 Å². The van der Waals surface area contributed by atoms with Crippen LogP contribution < -0.4 is 0 Å². The Kier molecular flexibility index (Phi) is 2.74. The smallest absolute Gasteiger partial charge is 0.130 e. The van der Waals surface area contributed by atoms with Crippen LogP contribution in [0.25, 0.3) is 0 Å². The predicted octanol–water partition coefficient (Wildman–Crippen LogP) is 3.26. The molecule has 1 nitrogen and oxygen atoms in total.